The van der Waals surface area contributed by atoms with Crippen LogP contribution in [0, 0.1) is 0 Å². The zero-order valence-electron chi connectivity index (χ0n) is 11.7. The Morgan fingerprint density at radius 1 is 0.800 bits per heavy atom. The lowest BCUT2D eigenvalue weighted by Crippen LogP contribution is -1.89. The number of methoxy groups -OCH3 is 2. The van der Waals surface area contributed by atoms with Gasteiger partial charge < -0.3 is 9.47 Å². The van der Waals surface area contributed by atoms with E-state index < -0.39 is 0 Å². The van der Waals surface area contributed by atoms with Gasteiger partial charge in [0.15, 0.2) is 0 Å². The highest BCUT2D eigenvalue weighted by molar-refractivity contribution is 5.62. The van der Waals surface area contributed by atoms with Gasteiger partial charge in [0.05, 0.1) is 14.2 Å². The first kappa shape index (κ1) is 13.9. The second kappa shape index (κ2) is 7.19. The van der Waals surface area contributed by atoms with Crippen LogP contribution in [0.2, 0.25) is 0 Å². The summed E-state index contributed by atoms with van der Waals surface area (Å²) < 4.78 is 10.6. The average Bonchev–Trinajstić information content (AvgIpc) is 2.52. The smallest absolute Gasteiger partial charge is 0.126 e. The van der Waals surface area contributed by atoms with Crippen LogP contribution < -0.4 is 9.47 Å². The maximum Gasteiger partial charge on any atom is 0.126 e. The minimum atomic E-state index is 0.817. The van der Waals surface area contributed by atoms with Crippen LogP contribution in [0.25, 0.3) is 12.2 Å². The molecule has 20 heavy (non-hydrogen) atoms. The summed E-state index contributed by atoms with van der Waals surface area (Å²) in [7, 11) is 3.32. The molecule has 0 N–H and O–H groups in total. The van der Waals surface area contributed by atoms with Crippen molar-refractivity contribution in [1.29, 1.82) is 0 Å². The standard InChI is InChI=1S/C18H18O2/c1-19-17-12-13-18(20-2)16(14-17)11-7-6-10-15-8-4-3-5-9-15/h3-14H,1-2H3. The van der Waals surface area contributed by atoms with Crippen LogP contribution in [-0.2, 0) is 0 Å². The Kier molecular flexibility index (Phi) is 5.01. The summed E-state index contributed by atoms with van der Waals surface area (Å²) >= 11 is 0. The first-order chi connectivity index (χ1) is 9.83. The molecule has 0 aliphatic carbocycles. The summed E-state index contributed by atoms with van der Waals surface area (Å²) in [6.45, 7) is 0. The first-order valence-corrected chi connectivity index (χ1v) is 6.45. The lowest BCUT2D eigenvalue weighted by atomic mass is 10.1. The molecule has 2 heteroatoms. The quantitative estimate of drug-likeness (QED) is 0.745. The fourth-order valence-corrected chi connectivity index (χ4v) is 1.86. The van der Waals surface area contributed by atoms with E-state index in [1.165, 1.54) is 5.56 Å². The van der Waals surface area contributed by atoms with Gasteiger partial charge in [-0.1, -0.05) is 54.6 Å². The van der Waals surface area contributed by atoms with Gasteiger partial charge >= 0.3 is 0 Å². The third-order valence-corrected chi connectivity index (χ3v) is 2.91. The number of rotatable bonds is 5. The number of allylic oxidation sites excluding steroid dienone is 2. The minimum Gasteiger partial charge on any atom is -0.497 e. The lowest BCUT2D eigenvalue weighted by Gasteiger charge is -2.06. The van der Waals surface area contributed by atoms with Crippen LogP contribution in [0.4, 0.5) is 0 Å². The summed E-state index contributed by atoms with van der Waals surface area (Å²) in [5.41, 5.74) is 2.17. The van der Waals surface area contributed by atoms with E-state index in [0.717, 1.165) is 17.1 Å². The highest BCUT2D eigenvalue weighted by atomic mass is 16.5. The van der Waals surface area contributed by atoms with E-state index >= 15 is 0 Å². The Balaban J connectivity index is 2.12. The second-order valence-corrected chi connectivity index (χ2v) is 4.24. The molecule has 0 aromatic heterocycles. The molecule has 0 saturated carbocycles. The molecule has 0 heterocycles. The number of ether oxygens (including phenoxy) is 2. The summed E-state index contributed by atoms with van der Waals surface area (Å²) in [4.78, 5) is 0. The Morgan fingerprint density at radius 3 is 2.25 bits per heavy atom. The van der Waals surface area contributed by atoms with Crippen molar-refractivity contribution in [1.82, 2.24) is 0 Å². The molecule has 0 radical (unpaired) electrons. The topological polar surface area (TPSA) is 18.5 Å². The molecular formula is C18H18O2. The molecule has 0 atom stereocenters. The maximum atomic E-state index is 5.33. The van der Waals surface area contributed by atoms with Crippen LogP contribution in [0.3, 0.4) is 0 Å². The zero-order chi connectivity index (χ0) is 14.2. The van der Waals surface area contributed by atoms with Crippen LogP contribution in [0.15, 0.2) is 60.7 Å². The van der Waals surface area contributed by atoms with E-state index in [0.29, 0.717) is 0 Å². The SMILES string of the molecule is COc1ccc(OC)c(C=CC=Cc2ccccc2)c1. The predicted octanol–water partition coefficient (Wildman–Crippen LogP) is 4.43. The molecule has 0 spiro atoms. The van der Waals surface area contributed by atoms with E-state index in [1.54, 1.807) is 14.2 Å². The van der Waals surface area contributed by atoms with E-state index in [2.05, 4.69) is 18.2 Å². The Morgan fingerprint density at radius 2 is 1.55 bits per heavy atom. The molecule has 0 saturated heterocycles. The third kappa shape index (κ3) is 3.75. The fourth-order valence-electron chi connectivity index (χ4n) is 1.86. The molecule has 2 aromatic carbocycles. The fraction of sp³-hybridized carbons (Fsp3) is 0.111. The van der Waals surface area contributed by atoms with Gasteiger partial charge in [-0.05, 0) is 23.8 Å². The van der Waals surface area contributed by atoms with Crippen molar-refractivity contribution >= 4 is 12.2 Å². The largest absolute Gasteiger partial charge is 0.497 e. The molecule has 0 bridgehead atoms. The van der Waals surface area contributed by atoms with Crippen LogP contribution in [0.5, 0.6) is 11.5 Å². The van der Waals surface area contributed by atoms with Crippen molar-refractivity contribution in [3.05, 3.63) is 71.8 Å². The molecular weight excluding hydrogens is 248 g/mol. The average molecular weight is 266 g/mol. The Labute approximate surface area is 120 Å². The van der Waals surface area contributed by atoms with Gasteiger partial charge in [-0.3, -0.25) is 0 Å². The van der Waals surface area contributed by atoms with Crippen molar-refractivity contribution in [3.8, 4) is 11.5 Å². The summed E-state index contributed by atoms with van der Waals surface area (Å²) in [6, 6.07) is 15.9. The molecule has 102 valence electrons. The summed E-state index contributed by atoms with van der Waals surface area (Å²) in [5, 5.41) is 0. The van der Waals surface area contributed by atoms with Gasteiger partial charge in [0.1, 0.15) is 11.5 Å². The van der Waals surface area contributed by atoms with Crippen molar-refractivity contribution in [2.75, 3.05) is 14.2 Å². The molecule has 0 unspecified atom stereocenters. The van der Waals surface area contributed by atoms with Crippen LogP contribution >= 0.6 is 0 Å². The second-order valence-electron chi connectivity index (χ2n) is 4.24. The zero-order valence-corrected chi connectivity index (χ0v) is 11.7. The third-order valence-electron chi connectivity index (χ3n) is 2.91. The summed E-state index contributed by atoms with van der Waals surface area (Å²) in [6.07, 6.45) is 8.06. The minimum absolute atomic E-state index is 0.817. The van der Waals surface area contributed by atoms with Gasteiger partial charge in [0, 0.05) is 5.56 Å². The number of hydrogen-bond donors (Lipinski definition) is 0. The normalized spacial score (nSPS) is 11.1. The van der Waals surface area contributed by atoms with Gasteiger partial charge in [-0.2, -0.15) is 0 Å². The van der Waals surface area contributed by atoms with E-state index in [9.17, 15) is 0 Å². The highest BCUT2D eigenvalue weighted by Crippen LogP contribution is 2.25. The Hall–Kier alpha value is -2.48. The molecule has 2 nitrogen and oxygen atoms in total. The van der Waals surface area contributed by atoms with E-state index in [1.807, 2.05) is 54.6 Å². The van der Waals surface area contributed by atoms with Crippen molar-refractivity contribution in [2.45, 2.75) is 0 Å². The van der Waals surface area contributed by atoms with Crippen molar-refractivity contribution in [3.63, 3.8) is 0 Å². The van der Waals surface area contributed by atoms with Gasteiger partial charge in [-0.25, -0.2) is 0 Å². The van der Waals surface area contributed by atoms with Gasteiger partial charge in [-0.15, -0.1) is 0 Å². The summed E-state index contributed by atoms with van der Waals surface area (Å²) in [5.74, 6) is 1.65. The molecule has 0 fully saturated rings. The van der Waals surface area contributed by atoms with Crippen LogP contribution in [-0.4, -0.2) is 14.2 Å². The monoisotopic (exact) mass is 266 g/mol. The predicted molar refractivity (Wildman–Crippen MR) is 84.1 cm³/mol. The first-order valence-electron chi connectivity index (χ1n) is 6.45. The highest BCUT2D eigenvalue weighted by Gasteiger charge is 2.00. The molecule has 2 aromatic rings. The van der Waals surface area contributed by atoms with Gasteiger partial charge in [0.2, 0.25) is 0 Å². The van der Waals surface area contributed by atoms with Crippen molar-refractivity contribution in [2.24, 2.45) is 0 Å². The van der Waals surface area contributed by atoms with Crippen molar-refractivity contribution < 1.29 is 9.47 Å². The lowest BCUT2D eigenvalue weighted by molar-refractivity contribution is 0.402. The number of benzene rings is 2. The number of hydrogen-bond acceptors (Lipinski definition) is 2. The maximum absolute atomic E-state index is 5.33. The molecule has 2 rings (SSSR count). The van der Waals surface area contributed by atoms with E-state index in [-0.39, 0.29) is 0 Å². The molecule has 0 aliphatic rings. The van der Waals surface area contributed by atoms with Crippen LogP contribution in [0.1, 0.15) is 11.1 Å². The van der Waals surface area contributed by atoms with E-state index in [4.69, 9.17) is 9.47 Å². The van der Waals surface area contributed by atoms with Gasteiger partial charge in [0.25, 0.3) is 0 Å². The molecule has 0 aliphatic heterocycles. The molecule has 0 amide bonds. The Bertz CT molecular complexity index is 598.